The molecule has 1 N–H and O–H groups in total. The highest BCUT2D eigenvalue weighted by atomic mass is 79.9. The van der Waals surface area contributed by atoms with Crippen LogP contribution < -0.4 is 9.62 Å². The molecular weight excluding hydrogens is 566 g/mol. The molecule has 0 unspecified atom stereocenters. The maximum absolute atomic E-state index is 13.9. The summed E-state index contributed by atoms with van der Waals surface area (Å²) in [5, 5.41) is 2.89. The van der Waals surface area contributed by atoms with E-state index in [4.69, 9.17) is 0 Å². The van der Waals surface area contributed by atoms with Gasteiger partial charge in [0.1, 0.15) is 12.6 Å². The fraction of sp³-hybridized carbons (Fsp3) is 0.310. The standard InChI is InChI=1S/C29H34BrN3O4S/c1-4-5-18-31-29(35)23(3)32(20-24-11-9-10-22(2)19-24)28(34)21-33(26-16-14-25(30)15-17-26)38(36,37)27-12-7-6-8-13-27/h6-17,19,23H,4-5,18,20-21H2,1-3H3,(H,31,35)/t23-/m0/s1. The van der Waals surface area contributed by atoms with Gasteiger partial charge in [0, 0.05) is 17.6 Å². The van der Waals surface area contributed by atoms with Crippen LogP contribution in [0.15, 0.2) is 88.2 Å². The highest BCUT2D eigenvalue weighted by Crippen LogP contribution is 2.26. The quantitative estimate of drug-likeness (QED) is 0.287. The van der Waals surface area contributed by atoms with Crippen LogP contribution in [-0.4, -0.2) is 44.3 Å². The Bertz CT molecular complexity index is 1330. The summed E-state index contributed by atoms with van der Waals surface area (Å²) < 4.78 is 29.3. The third kappa shape index (κ3) is 7.68. The van der Waals surface area contributed by atoms with E-state index in [-0.39, 0.29) is 17.3 Å². The number of unbranched alkanes of at least 4 members (excludes halogenated alkanes) is 1. The van der Waals surface area contributed by atoms with Crippen molar-refractivity contribution in [3.05, 3.63) is 94.5 Å². The molecule has 9 heteroatoms. The molecular formula is C29H34BrN3O4S. The van der Waals surface area contributed by atoms with E-state index >= 15 is 0 Å². The third-order valence-corrected chi connectivity index (χ3v) is 8.47. The molecule has 0 aliphatic carbocycles. The summed E-state index contributed by atoms with van der Waals surface area (Å²) in [5.74, 6) is -0.757. The van der Waals surface area contributed by atoms with Gasteiger partial charge in [-0.15, -0.1) is 0 Å². The van der Waals surface area contributed by atoms with E-state index in [0.717, 1.165) is 32.7 Å². The van der Waals surface area contributed by atoms with Crippen molar-refractivity contribution in [2.75, 3.05) is 17.4 Å². The number of carbonyl (C=O) groups is 2. The Hall–Kier alpha value is -3.17. The highest BCUT2D eigenvalue weighted by molar-refractivity contribution is 9.10. The first-order valence-electron chi connectivity index (χ1n) is 12.6. The molecule has 1 atom stereocenters. The molecule has 202 valence electrons. The van der Waals surface area contributed by atoms with Crippen molar-refractivity contribution in [2.45, 2.75) is 51.1 Å². The Morgan fingerprint density at radius 1 is 0.974 bits per heavy atom. The van der Waals surface area contributed by atoms with Crippen molar-refractivity contribution in [1.29, 1.82) is 0 Å². The average Bonchev–Trinajstić information content (AvgIpc) is 2.91. The number of carbonyl (C=O) groups excluding carboxylic acids is 2. The van der Waals surface area contributed by atoms with E-state index in [9.17, 15) is 18.0 Å². The first kappa shape index (κ1) is 29.4. The molecule has 0 aliphatic rings. The maximum Gasteiger partial charge on any atom is 0.264 e. The number of aryl methyl sites for hydroxylation is 1. The van der Waals surface area contributed by atoms with Crippen LogP contribution in [0.2, 0.25) is 0 Å². The zero-order chi connectivity index (χ0) is 27.7. The van der Waals surface area contributed by atoms with Crippen molar-refractivity contribution in [3.8, 4) is 0 Å². The zero-order valence-electron chi connectivity index (χ0n) is 21.9. The lowest BCUT2D eigenvalue weighted by Crippen LogP contribution is -2.51. The molecule has 0 aliphatic heterocycles. The van der Waals surface area contributed by atoms with E-state index in [0.29, 0.717) is 12.2 Å². The molecule has 38 heavy (non-hydrogen) atoms. The second-order valence-corrected chi connectivity index (χ2v) is 11.9. The van der Waals surface area contributed by atoms with Gasteiger partial charge in [-0.05, 0) is 62.2 Å². The third-order valence-electron chi connectivity index (χ3n) is 6.16. The topological polar surface area (TPSA) is 86.8 Å². The molecule has 0 bridgehead atoms. The van der Waals surface area contributed by atoms with Crippen LogP contribution in [0.25, 0.3) is 0 Å². The number of anilines is 1. The Morgan fingerprint density at radius 2 is 1.66 bits per heavy atom. The minimum atomic E-state index is -4.07. The molecule has 3 aromatic rings. The van der Waals surface area contributed by atoms with Gasteiger partial charge in [0.25, 0.3) is 10.0 Å². The zero-order valence-corrected chi connectivity index (χ0v) is 24.3. The predicted octanol–water partition coefficient (Wildman–Crippen LogP) is 5.29. The fourth-order valence-corrected chi connectivity index (χ4v) is 5.68. The predicted molar refractivity (Wildman–Crippen MR) is 154 cm³/mol. The minimum Gasteiger partial charge on any atom is -0.354 e. The van der Waals surface area contributed by atoms with Crippen LogP contribution >= 0.6 is 15.9 Å². The van der Waals surface area contributed by atoms with Gasteiger partial charge >= 0.3 is 0 Å². The number of rotatable bonds is 12. The molecule has 0 fully saturated rings. The fourth-order valence-electron chi connectivity index (χ4n) is 3.98. The lowest BCUT2D eigenvalue weighted by atomic mass is 10.1. The second-order valence-electron chi connectivity index (χ2n) is 9.13. The van der Waals surface area contributed by atoms with Crippen LogP contribution in [0.3, 0.4) is 0 Å². The Morgan fingerprint density at radius 3 is 2.29 bits per heavy atom. The molecule has 0 radical (unpaired) electrons. The molecule has 0 heterocycles. The van der Waals surface area contributed by atoms with Crippen LogP contribution in [0.5, 0.6) is 0 Å². The van der Waals surface area contributed by atoms with Gasteiger partial charge in [-0.2, -0.15) is 0 Å². The van der Waals surface area contributed by atoms with Crippen LogP contribution in [0.4, 0.5) is 5.69 Å². The lowest BCUT2D eigenvalue weighted by Gasteiger charge is -2.32. The van der Waals surface area contributed by atoms with Crippen molar-refractivity contribution in [2.24, 2.45) is 0 Å². The van der Waals surface area contributed by atoms with Gasteiger partial charge in [-0.1, -0.05) is 77.3 Å². The summed E-state index contributed by atoms with van der Waals surface area (Å²) in [6.45, 7) is 5.88. The summed E-state index contributed by atoms with van der Waals surface area (Å²) in [4.78, 5) is 28.4. The van der Waals surface area contributed by atoms with E-state index in [1.54, 1.807) is 49.4 Å². The van der Waals surface area contributed by atoms with Gasteiger partial charge in [0.2, 0.25) is 11.8 Å². The highest BCUT2D eigenvalue weighted by Gasteiger charge is 2.32. The SMILES string of the molecule is CCCCNC(=O)[C@H](C)N(Cc1cccc(C)c1)C(=O)CN(c1ccc(Br)cc1)S(=O)(=O)c1ccccc1. The summed E-state index contributed by atoms with van der Waals surface area (Å²) in [6, 6.07) is 21.6. The van der Waals surface area contributed by atoms with E-state index in [2.05, 4.69) is 21.2 Å². The average molecular weight is 601 g/mol. The van der Waals surface area contributed by atoms with Gasteiger partial charge in [0.15, 0.2) is 0 Å². The van der Waals surface area contributed by atoms with Crippen molar-refractivity contribution >= 4 is 43.5 Å². The maximum atomic E-state index is 13.9. The smallest absolute Gasteiger partial charge is 0.264 e. The molecule has 3 aromatic carbocycles. The summed E-state index contributed by atoms with van der Waals surface area (Å²) in [7, 11) is -4.07. The number of halogens is 1. The summed E-state index contributed by atoms with van der Waals surface area (Å²) in [6.07, 6.45) is 1.76. The molecule has 0 spiro atoms. The first-order chi connectivity index (χ1) is 18.1. The van der Waals surface area contributed by atoms with Gasteiger partial charge in [-0.25, -0.2) is 8.42 Å². The Labute approximate surface area is 234 Å². The molecule has 0 saturated carbocycles. The summed E-state index contributed by atoms with van der Waals surface area (Å²) in [5.41, 5.74) is 2.23. The number of nitrogens with one attached hydrogen (secondary N) is 1. The first-order valence-corrected chi connectivity index (χ1v) is 14.8. The van der Waals surface area contributed by atoms with Gasteiger partial charge < -0.3 is 10.2 Å². The monoisotopic (exact) mass is 599 g/mol. The normalized spacial score (nSPS) is 12.0. The van der Waals surface area contributed by atoms with Crippen LogP contribution in [0, 0.1) is 6.92 Å². The number of amides is 2. The van der Waals surface area contributed by atoms with Crippen molar-refractivity contribution in [1.82, 2.24) is 10.2 Å². The number of nitrogens with zero attached hydrogens (tertiary/aromatic N) is 2. The molecule has 3 rings (SSSR count). The molecule has 7 nitrogen and oxygen atoms in total. The largest absolute Gasteiger partial charge is 0.354 e. The van der Waals surface area contributed by atoms with Crippen molar-refractivity contribution in [3.63, 3.8) is 0 Å². The van der Waals surface area contributed by atoms with Gasteiger partial charge in [-0.3, -0.25) is 13.9 Å². The number of hydrogen-bond acceptors (Lipinski definition) is 4. The molecule has 2 amide bonds. The Balaban J connectivity index is 1.98. The molecule has 0 saturated heterocycles. The van der Waals surface area contributed by atoms with E-state index in [1.807, 2.05) is 38.1 Å². The number of benzene rings is 3. The Kier molecular flexibility index (Phi) is 10.5. The van der Waals surface area contributed by atoms with Crippen molar-refractivity contribution < 1.29 is 18.0 Å². The summed E-state index contributed by atoms with van der Waals surface area (Å²) >= 11 is 3.38. The van der Waals surface area contributed by atoms with Crippen LogP contribution in [-0.2, 0) is 26.2 Å². The molecule has 0 aromatic heterocycles. The second kappa shape index (κ2) is 13.6. The number of sulfonamides is 1. The lowest BCUT2D eigenvalue weighted by molar-refractivity contribution is -0.139. The van der Waals surface area contributed by atoms with Gasteiger partial charge in [0.05, 0.1) is 10.6 Å². The van der Waals surface area contributed by atoms with E-state index in [1.165, 1.54) is 17.0 Å². The number of hydrogen-bond donors (Lipinski definition) is 1. The van der Waals surface area contributed by atoms with E-state index < -0.39 is 28.5 Å². The van der Waals surface area contributed by atoms with Crippen LogP contribution in [0.1, 0.15) is 37.8 Å². The minimum absolute atomic E-state index is 0.0753.